The molecule has 0 unspecified atom stereocenters. The van der Waals surface area contributed by atoms with Gasteiger partial charge in [0, 0.05) is 17.6 Å². The molecule has 6 nitrogen and oxygen atoms in total. The van der Waals surface area contributed by atoms with Crippen molar-refractivity contribution < 1.29 is 23.5 Å². The molecule has 2 rings (SSSR count). The van der Waals surface area contributed by atoms with Crippen molar-refractivity contribution >= 4 is 29.1 Å². The van der Waals surface area contributed by atoms with Crippen LogP contribution in [0, 0.1) is 5.82 Å². The molecule has 0 aliphatic heterocycles. The zero-order valence-corrected chi connectivity index (χ0v) is 15.3. The summed E-state index contributed by atoms with van der Waals surface area (Å²) < 4.78 is 23.7. The number of anilines is 1. The molecule has 0 radical (unpaired) electrons. The summed E-state index contributed by atoms with van der Waals surface area (Å²) in [4.78, 5) is 25.7. The summed E-state index contributed by atoms with van der Waals surface area (Å²) in [5, 5.41) is 3.06. The van der Waals surface area contributed by atoms with E-state index in [0.29, 0.717) is 16.5 Å². The number of amides is 2. The predicted molar refractivity (Wildman–Crippen MR) is 96.5 cm³/mol. The van der Waals surface area contributed by atoms with Crippen LogP contribution >= 0.6 is 11.6 Å². The maximum atomic E-state index is 13.7. The number of likely N-dealkylation sites (N-methyl/N-ethyl adjacent to an activating group) is 1. The quantitative estimate of drug-likeness (QED) is 0.835. The number of methoxy groups -OCH3 is 2. The van der Waals surface area contributed by atoms with E-state index in [1.807, 2.05) is 0 Å². The highest BCUT2D eigenvalue weighted by molar-refractivity contribution is 6.31. The summed E-state index contributed by atoms with van der Waals surface area (Å²) in [5.41, 5.74) is 0.500. The van der Waals surface area contributed by atoms with Gasteiger partial charge in [-0.25, -0.2) is 4.39 Å². The Labute approximate surface area is 155 Å². The molecule has 138 valence electrons. The Hall–Kier alpha value is -2.80. The lowest BCUT2D eigenvalue weighted by atomic mass is 10.2. The SMILES string of the molecule is COc1ccc(C(=O)N(C)CC(=O)Nc2cc(Cl)ccc2OC)cc1F. The summed E-state index contributed by atoms with van der Waals surface area (Å²) in [6.07, 6.45) is 0. The Bertz CT molecular complexity index is 829. The van der Waals surface area contributed by atoms with Gasteiger partial charge in [-0.2, -0.15) is 0 Å². The largest absolute Gasteiger partial charge is 0.495 e. The second-order valence-corrected chi connectivity index (χ2v) is 5.84. The Morgan fingerprint density at radius 1 is 1.12 bits per heavy atom. The number of halogens is 2. The van der Waals surface area contributed by atoms with Crippen LogP contribution in [-0.4, -0.2) is 44.5 Å². The second-order valence-electron chi connectivity index (χ2n) is 5.40. The van der Waals surface area contributed by atoms with Crippen LogP contribution in [0.25, 0.3) is 0 Å². The summed E-state index contributed by atoms with van der Waals surface area (Å²) in [5.74, 6) is -1.13. The van der Waals surface area contributed by atoms with Crippen molar-refractivity contribution in [2.75, 3.05) is 33.1 Å². The minimum absolute atomic E-state index is 0.0370. The average Bonchev–Trinajstić information content (AvgIpc) is 2.61. The van der Waals surface area contributed by atoms with Gasteiger partial charge in [-0.1, -0.05) is 11.6 Å². The van der Waals surface area contributed by atoms with E-state index >= 15 is 0 Å². The van der Waals surface area contributed by atoms with E-state index in [0.717, 1.165) is 6.07 Å². The van der Waals surface area contributed by atoms with Crippen molar-refractivity contribution in [3.05, 3.63) is 52.8 Å². The van der Waals surface area contributed by atoms with Crippen molar-refractivity contribution in [1.29, 1.82) is 0 Å². The first-order chi connectivity index (χ1) is 12.3. The molecule has 0 bridgehead atoms. The molecule has 0 atom stereocenters. The fourth-order valence-electron chi connectivity index (χ4n) is 2.27. The first kappa shape index (κ1) is 19.5. The van der Waals surface area contributed by atoms with E-state index in [2.05, 4.69) is 5.32 Å². The third-order valence-electron chi connectivity index (χ3n) is 3.56. The molecule has 0 aliphatic rings. The Kier molecular flexibility index (Phi) is 6.41. The Morgan fingerprint density at radius 3 is 2.38 bits per heavy atom. The third kappa shape index (κ3) is 4.64. The van der Waals surface area contributed by atoms with Crippen molar-refractivity contribution in [2.24, 2.45) is 0 Å². The van der Waals surface area contributed by atoms with Crippen LogP contribution in [0.3, 0.4) is 0 Å². The van der Waals surface area contributed by atoms with E-state index in [1.165, 1.54) is 38.3 Å². The minimum Gasteiger partial charge on any atom is -0.495 e. The molecule has 2 aromatic carbocycles. The zero-order chi connectivity index (χ0) is 19.3. The Morgan fingerprint density at radius 2 is 1.77 bits per heavy atom. The molecule has 0 spiro atoms. The molecule has 1 N–H and O–H groups in total. The molecular weight excluding hydrogens is 363 g/mol. The predicted octanol–water partition coefficient (Wildman–Crippen LogP) is 3.21. The number of nitrogens with one attached hydrogen (secondary N) is 1. The highest BCUT2D eigenvalue weighted by Gasteiger charge is 2.18. The van der Waals surface area contributed by atoms with Gasteiger partial charge in [-0.3, -0.25) is 9.59 Å². The van der Waals surface area contributed by atoms with Gasteiger partial charge < -0.3 is 19.7 Å². The summed E-state index contributed by atoms with van der Waals surface area (Å²) >= 11 is 5.92. The maximum Gasteiger partial charge on any atom is 0.254 e. The van der Waals surface area contributed by atoms with Crippen molar-refractivity contribution in [2.45, 2.75) is 0 Å². The number of carbonyl (C=O) groups excluding carboxylic acids is 2. The van der Waals surface area contributed by atoms with E-state index in [4.69, 9.17) is 21.1 Å². The Balaban J connectivity index is 2.06. The maximum absolute atomic E-state index is 13.7. The average molecular weight is 381 g/mol. The van der Waals surface area contributed by atoms with Crippen LogP contribution in [0.2, 0.25) is 5.02 Å². The van der Waals surface area contributed by atoms with Gasteiger partial charge in [0.15, 0.2) is 11.6 Å². The smallest absolute Gasteiger partial charge is 0.254 e. The number of ether oxygens (including phenoxy) is 2. The van der Waals surface area contributed by atoms with Gasteiger partial charge in [-0.15, -0.1) is 0 Å². The lowest BCUT2D eigenvalue weighted by Crippen LogP contribution is -2.35. The third-order valence-corrected chi connectivity index (χ3v) is 3.80. The molecule has 8 heteroatoms. The molecule has 26 heavy (non-hydrogen) atoms. The molecule has 0 saturated carbocycles. The van der Waals surface area contributed by atoms with E-state index in [-0.39, 0.29) is 17.9 Å². The fourth-order valence-corrected chi connectivity index (χ4v) is 2.45. The van der Waals surface area contributed by atoms with Crippen LogP contribution in [0.1, 0.15) is 10.4 Å². The number of hydrogen-bond donors (Lipinski definition) is 1. The molecule has 0 heterocycles. The monoisotopic (exact) mass is 380 g/mol. The number of rotatable bonds is 6. The second kappa shape index (κ2) is 8.53. The standard InChI is InChI=1S/C18H18ClFN2O4/c1-22(18(24)11-4-6-15(25-2)13(20)8-11)10-17(23)21-14-9-12(19)5-7-16(14)26-3/h4-9H,10H2,1-3H3,(H,21,23). The van der Waals surface area contributed by atoms with Crippen LogP contribution in [0.15, 0.2) is 36.4 Å². The van der Waals surface area contributed by atoms with E-state index < -0.39 is 17.6 Å². The van der Waals surface area contributed by atoms with Crippen LogP contribution < -0.4 is 14.8 Å². The molecule has 0 saturated heterocycles. The van der Waals surface area contributed by atoms with Crippen LogP contribution in [0.5, 0.6) is 11.5 Å². The van der Waals surface area contributed by atoms with E-state index in [9.17, 15) is 14.0 Å². The first-order valence-electron chi connectivity index (χ1n) is 7.58. The highest BCUT2D eigenvalue weighted by Crippen LogP contribution is 2.27. The van der Waals surface area contributed by atoms with Crippen LogP contribution in [-0.2, 0) is 4.79 Å². The number of carbonyl (C=O) groups is 2. The van der Waals surface area contributed by atoms with E-state index in [1.54, 1.807) is 18.2 Å². The van der Waals surface area contributed by atoms with Gasteiger partial charge in [0.2, 0.25) is 5.91 Å². The van der Waals surface area contributed by atoms with Gasteiger partial charge in [0.25, 0.3) is 5.91 Å². The molecule has 2 aromatic rings. The summed E-state index contributed by atoms with van der Waals surface area (Å²) in [7, 11) is 4.24. The summed E-state index contributed by atoms with van der Waals surface area (Å²) in [6.45, 7) is -0.234. The highest BCUT2D eigenvalue weighted by atomic mass is 35.5. The van der Waals surface area contributed by atoms with Gasteiger partial charge >= 0.3 is 0 Å². The lowest BCUT2D eigenvalue weighted by Gasteiger charge is -2.18. The van der Waals surface area contributed by atoms with Crippen molar-refractivity contribution in [1.82, 2.24) is 4.90 Å². The van der Waals surface area contributed by atoms with Crippen molar-refractivity contribution in [3.8, 4) is 11.5 Å². The van der Waals surface area contributed by atoms with Crippen molar-refractivity contribution in [3.63, 3.8) is 0 Å². The number of benzene rings is 2. The van der Waals surface area contributed by atoms with Gasteiger partial charge in [0.1, 0.15) is 5.75 Å². The van der Waals surface area contributed by atoms with Gasteiger partial charge in [-0.05, 0) is 36.4 Å². The number of hydrogen-bond acceptors (Lipinski definition) is 4. The molecule has 0 aromatic heterocycles. The van der Waals surface area contributed by atoms with Gasteiger partial charge in [0.05, 0.1) is 26.5 Å². The normalized spacial score (nSPS) is 10.2. The first-order valence-corrected chi connectivity index (χ1v) is 7.96. The molecule has 0 aliphatic carbocycles. The topological polar surface area (TPSA) is 67.9 Å². The fraction of sp³-hybridized carbons (Fsp3) is 0.222. The zero-order valence-electron chi connectivity index (χ0n) is 14.5. The van der Waals surface area contributed by atoms with Crippen LogP contribution in [0.4, 0.5) is 10.1 Å². The summed E-state index contributed by atoms with van der Waals surface area (Å²) in [6, 6.07) is 8.64. The molecular formula is C18H18ClFN2O4. The molecule has 0 fully saturated rings. The number of nitrogens with zero attached hydrogens (tertiary/aromatic N) is 1. The molecule has 2 amide bonds. The lowest BCUT2D eigenvalue weighted by molar-refractivity contribution is -0.116. The minimum atomic E-state index is -0.653.